The van der Waals surface area contributed by atoms with Gasteiger partial charge in [0.15, 0.2) is 5.78 Å². The summed E-state index contributed by atoms with van der Waals surface area (Å²) < 4.78 is 114. The Morgan fingerprint density at radius 2 is 0.338 bits per heavy atom. The number of rotatable bonds is 52. The maximum Gasteiger partial charge on any atom is 0.320 e. The first-order valence-corrected chi connectivity index (χ1v) is 48.6. The molecule has 1 atom stereocenters. The molecule has 0 aromatic rings. The van der Waals surface area contributed by atoms with Crippen molar-refractivity contribution in [2.45, 2.75) is 412 Å². The predicted molar refractivity (Wildman–Crippen MR) is 535 cm³/mol. The molecule has 139 heavy (non-hydrogen) atoms. The summed E-state index contributed by atoms with van der Waals surface area (Å²) in [5, 5.41) is 0. The molecule has 0 rings (SSSR count). The topological polar surface area (TPSA) is 373 Å². The molecule has 1 unspecified atom stereocenters. The molecule has 814 valence electrons. The lowest BCUT2D eigenvalue weighted by Gasteiger charge is -2.38. The number of hydrogen-bond donors (Lipinski definition) is 0. The van der Waals surface area contributed by atoms with E-state index in [1.807, 2.05) is 192 Å². The van der Waals surface area contributed by atoms with Crippen molar-refractivity contribution in [3.05, 3.63) is 12.3 Å². The molecule has 0 saturated heterocycles. The van der Waals surface area contributed by atoms with Crippen LogP contribution in [0.1, 0.15) is 339 Å². The lowest BCUT2D eigenvalue weighted by atomic mass is 9.88. The third-order valence-corrected chi connectivity index (χ3v) is 19.6. The van der Waals surface area contributed by atoms with Crippen LogP contribution < -0.4 is 0 Å². The maximum atomic E-state index is 15.1. The molecule has 0 fully saturated rings. The van der Waals surface area contributed by atoms with Gasteiger partial charge < -0.3 is 90.0 Å². The first-order chi connectivity index (χ1) is 61.5. The number of esters is 10. The second-order valence-electron chi connectivity index (χ2n) is 52.9. The van der Waals surface area contributed by atoms with Gasteiger partial charge in [0.05, 0.1) is 136 Å². The SMILES string of the molecule is C=C(OCC(C)(COC(=O)C(C)(COC(=O)C(C)(COC(C)(C)C)COC(C)(C)C)COC(=O)C(C)(COC(C)(C)C)COC(C)(C)C)C(=O)OC(C)(C)C)C(C)(COC(=O)C(C)(COC(C)(C)C)COC(C)(C)C)COC(=O)C(C)(COC(C)(C)C)COC(C)(C)C.CC(C)(C)OC(=O)CN(CCN(CC(=O)OC(C)(C)C)CC(=O)OC(C)(C)C)CCN(CC(=O)OC(C)(C)C)CC(=O)C(C)(C)C. The first kappa shape index (κ1) is 135. The highest BCUT2D eigenvalue weighted by Crippen LogP contribution is 2.38. The Kier molecular flexibility index (Phi) is 50.8. The number of ketones is 1. The molecule has 0 aliphatic heterocycles. The molecular formula is C106H195N3O30. The zero-order chi connectivity index (χ0) is 110. The molecular weight excluding hydrogens is 1800 g/mol. The molecule has 0 aliphatic carbocycles. The Morgan fingerprint density at radius 3 is 0.525 bits per heavy atom. The van der Waals surface area contributed by atoms with Gasteiger partial charge in [-0.1, -0.05) is 27.4 Å². The van der Waals surface area contributed by atoms with Gasteiger partial charge in [0.1, 0.15) is 106 Å². The summed E-state index contributed by atoms with van der Waals surface area (Å²) in [6, 6.07) is 0. The van der Waals surface area contributed by atoms with Crippen molar-refractivity contribution in [1.82, 2.24) is 14.7 Å². The molecule has 33 heteroatoms. The summed E-state index contributed by atoms with van der Waals surface area (Å²) in [7, 11) is 0. The molecule has 0 N–H and O–H groups in total. The fourth-order valence-electron chi connectivity index (χ4n) is 10.9. The van der Waals surface area contributed by atoms with Crippen molar-refractivity contribution in [3.8, 4) is 0 Å². The highest BCUT2D eigenvalue weighted by Gasteiger charge is 2.51. The minimum absolute atomic E-state index is 0.0203. The Balaban J connectivity index is 0. The van der Waals surface area contributed by atoms with Crippen LogP contribution in [-0.4, -0.2) is 304 Å². The van der Waals surface area contributed by atoms with E-state index in [1.165, 1.54) is 13.8 Å². The van der Waals surface area contributed by atoms with E-state index in [0.29, 0.717) is 0 Å². The average Bonchev–Trinajstić information content (AvgIpc) is 0.808. The van der Waals surface area contributed by atoms with Gasteiger partial charge in [0, 0.05) is 31.6 Å². The molecule has 0 aromatic carbocycles. The fourth-order valence-corrected chi connectivity index (χ4v) is 10.9. The van der Waals surface area contributed by atoms with Crippen LogP contribution in [0.4, 0.5) is 0 Å². The number of carbonyl (C=O) groups excluding carboxylic acids is 11. The van der Waals surface area contributed by atoms with Gasteiger partial charge in [-0.25, -0.2) is 0 Å². The normalized spacial score (nSPS) is 14.3. The minimum Gasteiger partial charge on any atom is -0.496 e. The summed E-state index contributed by atoms with van der Waals surface area (Å²) in [6.07, 6.45) is 0. The van der Waals surface area contributed by atoms with E-state index < -0.39 is 215 Å². The molecule has 0 spiro atoms. The molecule has 0 aliphatic rings. The number of ether oxygens (including phenoxy) is 19. The van der Waals surface area contributed by atoms with E-state index in [1.54, 1.807) is 148 Å². The van der Waals surface area contributed by atoms with Crippen molar-refractivity contribution in [3.63, 3.8) is 0 Å². The van der Waals surface area contributed by atoms with Gasteiger partial charge >= 0.3 is 59.7 Å². The van der Waals surface area contributed by atoms with E-state index in [2.05, 4.69) is 6.58 Å². The second-order valence-corrected chi connectivity index (χ2v) is 52.9. The summed E-state index contributed by atoms with van der Waals surface area (Å²) >= 11 is 0. The predicted octanol–water partition coefficient (Wildman–Crippen LogP) is 17.0. The van der Waals surface area contributed by atoms with Crippen molar-refractivity contribution >= 4 is 65.5 Å². The standard InChI is InChI=1S/C72H132O21.C34H63N3O9/c1-50(66(29,36-80-52(74)69(32,42-85-57(2,3)4)43-86-58(5,6)7)37-81-53(75)70(33,44-87-59(8,9)10)45-88-60(11,12)13)79-38-68(31,56(78)93-65(26,27)28)41-84-51(73)67(30,39-82-54(76)71(34,46-89-61(14,15)16)47-90-62(17,18)19)40-83-55(77)72(35,48-91-63(20,21)22)49-92-64(23,24)25;1-30(2,3)25(38)20-36(22-27(40)44-32(7,8)9)18-16-35(21-26(39)43-31(4,5)6)17-19-37(23-28(41)45-33(10,11)12)24-29(42)46-34(13,14)15/h1,36-49H2,2-35H3;16-24H2,1-15H3. The van der Waals surface area contributed by atoms with Crippen molar-refractivity contribution < 1.29 is 143 Å². The van der Waals surface area contributed by atoms with Gasteiger partial charge in [-0.15, -0.1) is 0 Å². The summed E-state index contributed by atoms with van der Waals surface area (Å²) in [5.74, 6) is -6.94. The molecule has 0 radical (unpaired) electrons. The number of Topliss-reactive ketones (excluding diaryl/α,β-unsaturated/α-hetero) is 1. The third-order valence-electron chi connectivity index (χ3n) is 19.6. The molecule has 0 bridgehead atoms. The molecule has 0 heterocycles. The Bertz CT molecular complexity index is 3520. The quantitative estimate of drug-likeness (QED) is 0.0310. The van der Waals surface area contributed by atoms with E-state index in [0.717, 1.165) is 0 Å². The van der Waals surface area contributed by atoms with Crippen molar-refractivity contribution in [2.75, 3.05) is 151 Å². The van der Waals surface area contributed by atoms with Crippen LogP contribution in [0.5, 0.6) is 0 Å². The molecule has 0 aromatic heterocycles. The fraction of sp³-hybridized carbons (Fsp3) is 0.877. The number of nitrogens with zero attached hydrogens (tertiary/aromatic N) is 3. The van der Waals surface area contributed by atoms with Gasteiger partial charge in [-0.2, -0.15) is 0 Å². The van der Waals surface area contributed by atoms with Gasteiger partial charge in [0.25, 0.3) is 0 Å². The van der Waals surface area contributed by atoms with Gasteiger partial charge in [-0.05, 0) is 318 Å². The summed E-state index contributed by atoms with van der Waals surface area (Å²) in [4.78, 5) is 157. The Morgan fingerprint density at radius 1 is 0.180 bits per heavy atom. The highest BCUT2D eigenvalue weighted by molar-refractivity contribution is 5.86. The smallest absolute Gasteiger partial charge is 0.320 e. The third kappa shape index (κ3) is 62.0. The molecule has 33 nitrogen and oxygen atoms in total. The van der Waals surface area contributed by atoms with Gasteiger partial charge in [0.2, 0.25) is 0 Å². The minimum atomic E-state index is -1.96. The molecule has 0 saturated carbocycles. The average molecular weight is 1990 g/mol. The van der Waals surface area contributed by atoms with Crippen molar-refractivity contribution in [1.29, 1.82) is 0 Å². The van der Waals surface area contributed by atoms with Crippen LogP contribution in [0, 0.1) is 43.3 Å². The number of carbonyl (C=O) groups is 11. The van der Waals surface area contributed by atoms with Crippen LogP contribution in [0.2, 0.25) is 0 Å². The van der Waals surface area contributed by atoms with E-state index in [4.69, 9.17) is 90.0 Å². The maximum absolute atomic E-state index is 15.1. The largest absolute Gasteiger partial charge is 0.496 e. The summed E-state index contributed by atoms with van der Waals surface area (Å²) in [6.45, 7) is 87.6. The lowest BCUT2D eigenvalue weighted by molar-refractivity contribution is -0.189. The van der Waals surface area contributed by atoms with E-state index in [-0.39, 0.29) is 123 Å². The number of hydrogen-bond acceptors (Lipinski definition) is 33. The van der Waals surface area contributed by atoms with E-state index in [9.17, 15) is 47.9 Å². The van der Waals surface area contributed by atoms with Crippen LogP contribution in [0.25, 0.3) is 0 Å². The highest BCUT2D eigenvalue weighted by atomic mass is 16.6. The first-order valence-electron chi connectivity index (χ1n) is 48.6. The zero-order valence-electron chi connectivity index (χ0n) is 96.1. The van der Waals surface area contributed by atoms with Gasteiger partial charge in [-0.3, -0.25) is 67.4 Å². The van der Waals surface area contributed by atoms with E-state index >= 15 is 4.79 Å². The second kappa shape index (κ2) is 52.5. The van der Waals surface area contributed by atoms with Crippen LogP contribution in [0.15, 0.2) is 12.3 Å². The van der Waals surface area contributed by atoms with Crippen molar-refractivity contribution in [2.24, 2.45) is 43.3 Å². The zero-order valence-corrected chi connectivity index (χ0v) is 96.1. The Hall–Kier alpha value is -6.53. The Labute approximate surface area is 838 Å². The van der Waals surface area contributed by atoms with Crippen LogP contribution in [-0.2, 0) is 143 Å². The lowest BCUT2D eigenvalue weighted by Crippen LogP contribution is -2.49. The van der Waals surface area contributed by atoms with Crippen LogP contribution in [0.3, 0.4) is 0 Å². The van der Waals surface area contributed by atoms with Crippen LogP contribution >= 0.6 is 0 Å². The molecule has 0 amide bonds. The summed E-state index contributed by atoms with van der Waals surface area (Å²) in [5.41, 5.74) is -20.6. The monoisotopic (exact) mass is 1990 g/mol.